The molecule has 0 saturated heterocycles. The van der Waals surface area contributed by atoms with E-state index in [-0.39, 0.29) is 18.1 Å². The smallest absolute Gasteiger partial charge is 0.178 e. The van der Waals surface area contributed by atoms with Crippen molar-refractivity contribution >= 4 is 17.4 Å². The highest BCUT2D eigenvalue weighted by atomic mass is 35.5. The van der Waals surface area contributed by atoms with Gasteiger partial charge in [0.2, 0.25) is 0 Å². The van der Waals surface area contributed by atoms with Gasteiger partial charge in [-0.3, -0.25) is 4.79 Å². The van der Waals surface area contributed by atoms with E-state index in [1.165, 1.54) is 0 Å². The summed E-state index contributed by atoms with van der Waals surface area (Å²) in [4.78, 5) is 11.4. The fourth-order valence-electron chi connectivity index (χ4n) is 1.37. The molecule has 0 saturated carbocycles. The molecule has 3 N–H and O–H groups in total. The van der Waals surface area contributed by atoms with E-state index < -0.39 is 0 Å². The van der Waals surface area contributed by atoms with Crippen molar-refractivity contribution in [1.82, 2.24) is 0 Å². The van der Waals surface area contributed by atoms with Crippen LogP contribution in [-0.2, 0) is 0 Å². The third-order valence-electron chi connectivity index (χ3n) is 2.15. The zero-order chi connectivity index (χ0) is 10.9. The number of phenolic OH excluding ortho intramolecular Hbond substituents is 1. The predicted molar refractivity (Wildman–Crippen MR) is 56.0 cm³/mol. The van der Waals surface area contributed by atoms with E-state index in [1.54, 1.807) is 19.9 Å². The minimum atomic E-state index is -0.261. The number of carbonyl (C=O) groups excluding carboxylic acids is 1. The van der Waals surface area contributed by atoms with Gasteiger partial charge in [-0.05, 0) is 25.5 Å². The van der Waals surface area contributed by atoms with Gasteiger partial charge in [0, 0.05) is 11.1 Å². The monoisotopic (exact) mass is 213 g/mol. The number of carbonyl (C=O) groups is 1. The van der Waals surface area contributed by atoms with Crippen molar-refractivity contribution in [3.8, 4) is 5.75 Å². The first-order valence-electron chi connectivity index (χ1n) is 4.21. The molecule has 1 aromatic carbocycles. The number of phenols is 1. The second kappa shape index (κ2) is 3.98. The third kappa shape index (κ3) is 1.74. The molecule has 1 rings (SSSR count). The number of rotatable bonds is 2. The minimum absolute atomic E-state index is 0.103. The Balaban J connectivity index is 3.44. The molecule has 0 radical (unpaired) electrons. The molecule has 0 amide bonds. The molecule has 0 aromatic heterocycles. The van der Waals surface area contributed by atoms with Crippen LogP contribution in [0.25, 0.3) is 0 Å². The number of benzene rings is 1. The lowest BCUT2D eigenvalue weighted by Gasteiger charge is -2.10. The van der Waals surface area contributed by atoms with E-state index in [1.807, 2.05) is 0 Å². The molecular weight excluding hydrogens is 202 g/mol. The first-order chi connectivity index (χ1) is 6.49. The van der Waals surface area contributed by atoms with Gasteiger partial charge < -0.3 is 10.8 Å². The molecule has 4 heteroatoms. The number of hydrogen-bond donors (Lipinski definition) is 2. The minimum Gasteiger partial charge on any atom is -0.507 e. The summed E-state index contributed by atoms with van der Waals surface area (Å²) in [5.74, 6) is -0.158. The van der Waals surface area contributed by atoms with Gasteiger partial charge in [-0.15, -0.1) is 0 Å². The highest BCUT2D eigenvalue weighted by molar-refractivity contribution is 6.34. The van der Waals surface area contributed by atoms with Gasteiger partial charge in [-0.25, -0.2) is 0 Å². The maximum absolute atomic E-state index is 11.4. The van der Waals surface area contributed by atoms with E-state index in [4.69, 9.17) is 17.3 Å². The molecule has 14 heavy (non-hydrogen) atoms. The molecule has 0 aliphatic carbocycles. The van der Waals surface area contributed by atoms with Crippen molar-refractivity contribution in [3.05, 3.63) is 27.8 Å². The van der Waals surface area contributed by atoms with E-state index in [0.717, 1.165) is 0 Å². The SMILES string of the molecule is Cc1cc(Cl)c(C(=O)CN)c(C)c1O. The summed E-state index contributed by atoms with van der Waals surface area (Å²) < 4.78 is 0. The fourth-order valence-corrected chi connectivity index (χ4v) is 1.78. The van der Waals surface area contributed by atoms with Gasteiger partial charge in [0.05, 0.1) is 11.6 Å². The summed E-state index contributed by atoms with van der Waals surface area (Å²) in [6, 6.07) is 1.56. The lowest BCUT2D eigenvalue weighted by molar-refractivity contribution is 0.100. The molecule has 0 unspecified atom stereocenters. The number of Topliss-reactive ketones (excluding diaryl/α,β-unsaturated/α-hetero) is 1. The molecule has 0 atom stereocenters. The first-order valence-corrected chi connectivity index (χ1v) is 4.58. The van der Waals surface area contributed by atoms with Crippen LogP contribution in [-0.4, -0.2) is 17.4 Å². The molecule has 1 aromatic rings. The van der Waals surface area contributed by atoms with Gasteiger partial charge in [0.15, 0.2) is 5.78 Å². The fraction of sp³-hybridized carbons (Fsp3) is 0.300. The molecule has 76 valence electrons. The summed E-state index contributed by atoms with van der Waals surface area (Å²) in [5.41, 5.74) is 6.70. The van der Waals surface area contributed by atoms with Gasteiger partial charge >= 0.3 is 0 Å². The van der Waals surface area contributed by atoms with Gasteiger partial charge in [0.1, 0.15) is 5.75 Å². The maximum Gasteiger partial charge on any atom is 0.178 e. The number of hydrogen-bond acceptors (Lipinski definition) is 3. The van der Waals surface area contributed by atoms with Gasteiger partial charge in [-0.2, -0.15) is 0 Å². The molecule has 3 nitrogen and oxygen atoms in total. The summed E-state index contributed by atoms with van der Waals surface area (Å²) in [6.07, 6.45) is 0. The second-order valence-corrected chi connectivity index (χ2v) is 3.56. The molecule has 0 spiro atoms. The summed E-state index contributed by atoms with van der Waals surface area (Å²) in [5, 5.41) is 9.95. The lowest BCUT2D eigenvalue weighted by Crippen LogP contribution is -2.15. The van der Waals surface area contributed by atoms with Gasteiger partial charge in [0.25, 0.3) is 0 Å². The first kappa shape index (κ1) is 11.0. The Morgan fingerprint density at radius 1 is 1.57 bits per heavy atom. The average molecular weight is 214 g/mol. The van der Waals surface area contributed by atoms with E-state index in [2.05, 4.69) is 0 Å². The summed E-state index contributed by atoms with van der Waals surface area (Å²) in [7, 11) is 0. The van der Waals surface area contributed by atoms with Crippen molar-refractivity contribution in [1.29, 1.82) is 0 Å². The maximum atomic E-state index is 11.4. The van der Waals surface area contributed by atoms with Gasteiger partial charge in [-0.1, -0.05) is 11.6 Å². The average Bonchev–Trinajstić information content (AvgIpc) is 2.14. The van der Waals surface area contributed by atoms with Crippen molar-refractivity contribution in [3.63, 3.8) is 0 Å². The highest BCUT2D eigenvalue weighted by Crippen LogP contribution is 2.30. The molecule has 0 bridgehead atoms. The molecule has 0 aliphatic heterocycles. The normalized spacial score (nSPS) is 10.3. The number of aryl methyl sites for hydroxylation is 1. The van der Waals surface area contributed by atoms with Crippen molar-refractivity contribution < 1.29 is 9.90 Å². The van der Waals surface area contributed by atoms with Crippen LogP contribution in [0.3, 0.4) is 0 Å². The Kier molecular flexibility index (Phi) is 3.13. The Hall–Kier alpha value is -1.06. The van der Waals surface area contributed by atoms with Crippen LogP contribution in [0.15, 0.2) is 6.07 Å². The number of aromatic hydroxyl groups is 1. The molecule has 0 heterocycles. The van der Waals surface area contributed by atoms with Crippen LogP contribution >= 0.6 is 11.6 Å². The predicted octanol–water partition coefficient (Wildman–Crippen LogP) is 1.80. The standard InChI is InChI=1S/C10H12ClNO2/c1-5-3-7(11)9(8(13)4-12)6(2)10(5)14/h3,14H,4,12H2,1-2H3. The second-order valence-electron chi connectivity index (χ2n) is 3.15. The molecule has 0 aliphatic rings. The summed E-state index contributed by atoms with van der Waals surface area (Å²) in [6.45, 7) is 3.27. The molecular formula is C10H12ClNO2. The summed E-state index contributed by atoms with van der Waals surface area (Å²) >= 11 is 5.89. The van der Waals surface area contributed by atoms with Crippen LogP contribution in [0.1, 0.15) is 21.5 Å². The van der Waals surface area contributed by atoms with E-state index in [9.17, 15) is 9.90 Å². The quantitative estimate of drug-likeness (QED) is 0.737. The zero-order valence-corrected chi connectivity index (χ0v) is 8.85. The molecule has 0 fully saturated rings. The van der Waals surface area contributed by atoms with Crippen LogP contribution in [0.2, 0.25) is 5.02 Å². The van der Waals surface area contributed by atoms with Crippen molar-refractivity contribution in [2.45, 2.75) is 13.8 Å². The van der Waals surface area contributed by atoms with E-state index in [0.29, 0.717) is 21.7 Å². The third-order valence-corrected chi connectivity index (χ3v) is 2.45. The Morgan fingerprint density at radius 3 is 2.64 bits per heavy atom. The van der Waals surface area contributed by atoms with E-state index >= 15 is 0 Å². The number of halogens is 1. The van der Waals surface area contributed by atoms with Crippen LogP contribution in [0.5, 0.6) is 5.75 Å². The Labute approximate surface area is 87.5 Å². The number of ketones is 1. The van der Waals surface area contributed by atoms with Crippen molar-refractivity contribution in [2.75, 3.05) is 6.54 Å². The largest absolute Gasteiger partial charge is 0.507 e. The van der Waals surface area contributed by atoms with Crippen LogP contribution < -0.4 is 5.73 Å². The zero-order valence-electron chi connectivity index (χ0n) is 8.10. The lowest BCUT2D eigenvalue weighted by atomic mass is 10.0. The Bertz CT molecular complexity index is 388. The topological polar surface area (TPSA) is 63.3 Å². The van der Waals surface area contributed by atoms with Crippen LogP contribution in [0.4, 0.5) is 0 Å². The van der Waals surface area contributed by atoms with Crippen LogP contribution in [0, 0.1) is 13.8 Å². The number of nitrogens with two attached hydrogens (primary N) is 1. The van der Waals surface area contributed by atoms with Crippen molar-refractivity contribution in [2.24, 2.45) is 5.73 Å². The Morgan fingerprint density at radius 2 is 2.14 bits per heavy atom. The highest BCUT2D eigenvalue weighted by Gasteiger charge is 2.16.